The first-order chi connectivity index (χ1) is 10.3. The Balaban J connectivity index is 2.38. The van der Waals surface area contributed by atoms with E-state index in [0.717, 1.165) is 0 Å². The molecule has 8 heteroatoms. The van der Waals surface area contributed by atoms with E-state index in [1.54, 1.807) is 6.07 Å². The monoisotopic (exact) mass is 330 g/mol. The summed E-state index contributed by atoms with van der Waals surface area (Å²) in [5, 5.41) is 16.5. The van der Waals surface area contributed by atoms with E-state index in [1.165, 1.54) is 18.5 Å². The lowest BCUT2D eigenvalue weighted by Crippen LogP contribution is -2.32. The van der Waals surface area contributed by atoms with Crippen molar-refractivity contribution in [2.45, 2.75) is 32.4 Å². The highest BCUT2D eigenvalue weighted by Gasteiger charge is 2.20. The van der Waals surface area contributed by atoms with E-state index in [1.807, 2.05) is 13.8 Å². The van der Waals surface area contributed by atoms with Crippen molar-refractivity contribution in [3.05, 3.63) is 29.7 Å². The summed E-state index contributed by atoms with van der Waals surface area (Å²) < 4.78 is 25.9. The third-order valence-corrected chi connectivity index (χ3v) is 3.37. The molecular formula is C14H17ClF2N4O. The first-order valence-corrected chi connectivity index (χ1v) is 7.08. The molecule has 0 aliphatic carbocycles. The minimum atomic E-state index is -2.70. The molecule has 0 unspecified atom stereocenters. The SMILES string of the molecule is CC(C)(CCO)Nc1cc(Cl)ncc1-c1ccn(C(F)F)n1. The first kappa shape index (κ1) is 16.6. The van der Waals surface area contributed by atoms with E-state index >= 15 is 0 Å². The molecule has 0 aliphatic heterocycles. The van der Waals surface area contributed by atoms with Crippen molar-refractivity contribution in [3.63, 3.8) is 0 Å². The molecule has 22 heavy (non-hydrogen) atoms. The minimum Gasteiger partial charge on any atom is -0.396 e. The molecule has 2 N–H and O–H groups in total. The number of anilines is 1. The van der Waals surface area contributed by atoms with Gasteiger partial charge in [0, 0.05) is 35.8 Å². The molecule has 2 rings (SSSR count). The van der Waals surface area contributed by atoms with Crippen LogP contribution in [0, 0.1) is 0 Å². The number of aliphatic hydroxyl groups is 1. The quantitative estimate of drug-likeness (QED) is 0.795. The molecule has 2 aromatic rings. The third-order valence-electron chi connectivity index (χ3n) is 3.16. The van der Waals surface area contributed by atoms with Crippen molar-refractivity contribution in [1.82, 2.24) is 14.8 Å². The van der Waals surface area contributed by atoms with Crippen LogP contribution in [0.3, 0.4) is 0 Å². The molecular weight excluding hydrogens is 314 g/mol. The summed E-state index contributed by atoms with van der Waals surface area (Å²) in [5.41, 5.74) is 1.15. The molecule has 5 nitrogen and oxygen atoms in total. The summed E-state index contributed by atoms with van der Waals surface area (Å²) in [4.78, 5) is 3.99. The predicted octanol–water partition coefficient (Wildman–Crippen LogP) is 3.57. The second-order valence-electron chi connectivity index (χ2n) is 5.49. The second-order valence-corrected chi connectivity index (χ2v) is 5.88. The average Bonchev–Trinajstić information content (AvgIpc) is 2.87. The van der Waals surface area contributed by atoms with Gasteiger partial charge in [0.15, 0.2) is 0 Å². The van der Waals surface area contributed by atoms with Crippen LogP contribution >= 0.6 is 11.6 Å². The lowest BCUT2D eigenvalue weighted by Gasteiger charge is -2.27. The lowest BCUT2D eigenvalue weighted by molar-refractivity contribution is 0.0568. The van der Waals surface area contributed by atoms with Crippen LogP contribution in [0.15, 0.2) is 24.5 Å². The number of nitrogens with one attached hydrogen (secondary N) is 1. The largest absolute Gasteiger partial charge is 0.396 e. The van der Waals surface area contributed by atoms with Crippen molar-refractivity contribution in [2.24, 2.45) is 0 Å². The number of aliphatic hydroxyl groups excluding tert-OH is 1. The Morgan fingerprint density at radius 2 is 2.18 bits per heavy atom. The summed E-state index contributed by atoms with van der Waals surface area (Å²) in [5.74, 6) is 0. The van der Waals surface area contributed by atoms with E-state index in [9.17, 15) is 8.78 Å². The van der Waals surface area contributed by atoms with Gasteiger partial charge in [0.25, 0.3) is 0 Å². The highest BCUT2D eigenvalue weighted by molar-refractivity contribution is 6.29. The molecule has 0 spiro atoms. The molecule has 0 aliphatic rings. The molecule has 0 atom stereocenters. The van der Waals surface area contributed by atoms with Crippen molar-refractivity contribution in [2.75, 3.05) is 11.9 Å². The normalized spacial score (nSPS) is 12.0. The fraction of sp³-hybridized carbons (Fsp3) is 0.429. The zero-order valence-corrected chi connectivity index (χ0v) is 13.0. The van der Waals surface area contributed by atoms with E-state index in [-0.39, 0.29) is 11.8 Å². The number of aromatic nitrogens is 3. The van der Waals surface area contributed by atoms with Gasteiger partial charge in [-0.1, -0.05) is 11.6 Å². The Morgan fingerprint density at radius 1 is 1.45 bits per heavy atom. The van der Waals surface area contributed by atoms with Crippen LogP contribution in [0.2, 0.25) is 5.15 Å². The number of pyridine rings is 1. The Hall–Kier alpha value is -1.73. The van der Waals surface area contributed by atoms with Crippen LogP contribution in [-0.4, -0.2) is 32.0 Å². The maximum absolute atomic E-state index is 12.7. The van der Waals surface area contributed by atoms with Gasteiger partial charge >= 0.3 is 6.55 Å². The standard InChI is InChI=1S/C14H17ClF2N4O/c1-14(2,4-6-22)19-11-7-12(15)18-8-9(11)10-3-5-21(20-10)13(16)17/h3,5,7-8,13,22H,4,6H2,1-2H3,(H,18,19). The number of halogens is 3. The van der Waals surface area contributed by atoms with Crippen LogP contribution in [0.1, 0.15) is 26.8 Å². The lowest BCUT2D eigenvalue weighted by atomic mass is 10.00. The molecule has 0 aromatic carbocycles. The van der Waals surface area contributed by atoms with Gasteiger partial charge in [0.1, 0.15) is 5.15 Å². The van der Waals surface area contributed by atoms with Gasteiger partial charge in [0.2, 0.25) is 0 Å². The zero-order valence-electron chi connectivity index (χ0n) is 12.2. The van der Waals surface area contributed by atoms with Crippen LogP contribution in [-0.2, 0) is 0 Å². The topological polar surface area (TPSA) is 63.0 Å². The van der Waals surface area contributed by atoms with Crippen LogP contribution in [0.4, 0.5) is 14.5 Å². The predicted molar refractivity (Wildman–Crippen MR) is 81.1 cm³/mol. The molecule has 0 fully saturated rings. The highest BCUT2D eigenvalue weighted by Crippen LogP contribution is 2.31. The minimum absolute atomic E-state index is 0.0220. The summed E-state index contributed by atoms with van der Waals surface area (Å²) >= 11 is 5.92. The Labute approximate surface area is 131 Å². The van der Waals surface area contributed by atoms with Crippen molar-refractivity contribution in [1.29, 1.82) is 0 Å². The summed E-state index contributed by atoms with van der Waals surface area (Å²) in [6, 6.07) is 3.10. The summed E-state index contributed by atoms with van der Waals surface area (Å²) in [7, 11) is 0. The van der Waals surface area contributed by atoms with E-state index < -0.39 is 12.1 Å². The van der Waals surface area contributed by atoms with Gasteiger partial charge < -0.3 is 10.4 Å². The summed E-state index contributed by atoms with van der Waals surface area (Å²) in [6.07, 6.45) is 3.20. The number of hydrogen-bond donors (Lipinski definition) is 2. The molecule has 120 valence electrons. The smallest absolute Gasteiger partial charge is 0.333 e. The number of hydrogen-bond acceptors (Lipinski definition) is 4. The van der Waals surface area contributed by atoms with Gasteiger partial charge in [-0.3, -0.25) is 0 Å². The van der Waals surface area contributed by atoms with Crippen LogP contribution in [0.5, 0.6) is 0 Å². The van der Waals surface area contributed by atoms with Gasteiger partial charge in [-0.15, -0.1) is 0 Å². The molecule has 0 amide bonds. The molecule has 0 saturated carbocycles. The van der Waals surface area contributed by atoms with Gasteiger partial charge in [-0.2, -0.15) is 13.9 Å². The molecule has 0 radical (unpaired) electrons. The first-order valence-electron chi connectivity index (χ1n) is 6.71. The number of rotatable bonds is 6. The van der Waals surface area contributed by atoms with Crippen LogP contribution in [0.25, 0.3) is 11.3 Å². The van der Waals surface area contributed by atoms with Gasteiger partial charge in [-0.05, 0) is 32.4 Å². The Kier molecular flexibility index (Phi) is 4.97. The van der Waals surface area contributed by atoms with E-state index in [4.69, 9.17) is 16.7 Å². The van der Waals surface area contributed by atoms with E-state index in [0.29, 0.717) is 28.0 Å². The van der Waals surface area contributed by atoms with Crippen molar-refractivity contribution < 1.29 is 13.9 Å². The number of alkyl halides is 2. The second kappa shape index (κ2) is 6.58. The number of nitrogens with zero attached hydrogens (tertiary/aromatic N) is 3. The average molecular weight is 331 g/mol. The highest BCUT2D eigenvalue weighted by atomic mass is 35.5. The Bertz CT molecular complexity index is 646. The molecule has 2 aromatic heterocycles. The van der Waals surface area contributed by atoms with Crippen LogP contribution < -0.4 is 5.32 Å². The maximum atomic E-state index is 12.7. The summed E-state index contributed by atoms with van der Waals surface area (Å²) in [6.45, 7) is 1.16. The fourth-order valence-corrected chi connectivity index (χ4v) is 2.19. The van der Waals surface area contributed by atoms with E-state index in [2.05, 4.69) is 15.4 Å². The zero-order chi connectivity index (χ0) is 16.3. The Morgan fingerprint density at radius 3 is 2.77 bits per heavy atom. The third kappa shape index (κ3) is 3.92. The van der Waals surface area contributed by atoms with Crippen molar-refractivity contribution >= 4 is 17.3 Å². The molecule has 0 saturated heterocycles. The molecule has 2 heterocycles. The molecule has 0 bridgehead atoms. The van der Waals surface area contributed by atoms with Gasteiger partial charge in [0.05, 0.1) is 5.69 Å². The van der Waals surface area contributed by atoms with Crippen molar-refractivity contribution in [3.8, 4) is 11.3 Å². The van der Waals surface area contributed by atoms with Gasteiger partial charge in [-0.25, -0.2) is 9.67 Å². The fourth-order valence-electron chi connectivity index (χ4n) is 2.03. The maximum Gasteiger partial charge on any atom is 0.333 e.